The second-order valence-electron chi connectivity index (χ2n) is 5.51. The van der Waals surface area contributed by atoms with Crippen LogP contribution in [0.3, 0.4) is 0 Å². The highest BCUT2D eigenvalue weighted by Crippen LogP contribution is 2.32. The fourth-order valence-electron chi connectivity index (χ4n) is 2.02. The number of rotatable bonds is 7. The molecule has 2 rings (SSSR count). The van der Waals surface area contributed by atoms with E-state index in [-0.39, 0.29) is 0 Å². The van der Waals surface area contributed by atoms with Crippen LogP contribution < -0.4 is 20.1 Å². The van der Waals surface area contributed by atoms with Crippen LogP contribution in [0.1, 0.15) is 19.4 Å². The summed E-state index contributed by atoms with van der Waals surface area (Å²) in [5, 5.41) is 6.49. The van der Waals surface area contributed by atoms with Gasteiger partial charge in [-0.3, -0.25) is 4.99 Å². The van der Waals surface area contributed by atoms with E-state index in [9.17, 15) is 0 Å². The van der Waals surface area contributed by atoms with E-state index in [1.54, 1.807) is 7.05 Å². The molecule has 0 bridgehead atoms. The Morgan fingerprint density at radius 3 is 2.86 bits per heavy atom. The first-order valence-corrected chi connectivity index (χ1v) is 7.60. The summed E-state index contributed by atoms with van der Waals surface area (Å²) in [5.41, 5.74) is 1.11. The highest BCUT2D eigenvalue weighted by molar-refractivity contribution is 5.79. The van der Waals surface area contributed by atoms with E-state index in [1.807, 2.05) is 18.2 Å². The largest absolute Gasteiger partial charge is 0.454 e. The van der Waals surface area contributed by atoms with Crippen LogP contribution >= 0.6 is 0 Å². The van der Waals surface area contributed by atoms with Gasteiger partial charge in [0.1, 0.15) is 0 Å². The first kappa shape index (κ1) is 16.4. The van der Waals surface area contributed by atoms with Gasteiger partial charge in [-0.25, -0.2) is 0 Å². The fourth-order valence-corrected chi connectivity index (χ4v) is 2.02. The fraction of sp³-hybridized carbons (Fsp3) is 0.562. The molecule has 0 saturated heterocycles. The molecular formula is C16H25N3O3. The Bertz CT molecular complexity index is 503. The quantitative estimate of drug-likeness (QED) is 0.456. The van der Waals surface area contributed by atoms with E-state index >= 15 is 0 Å². The molecule has 1 aromatic rings. The van der Waals surface area contributed by atoms with E-state index in [4.69, 9.17) is 14.2 Å². The Balaban J connectivity index is 1.70. The highest BCUT2D eigenvalue weighted by Gasteiger charge is 2.13. The van der Waals surface area contributed by atoms with Gasteiger partial charge < -0.3 is 24.8 Å². The lowest BCUT2D eigenvalue weighted by Gasteiger charge is -2.13. The summed E-state index contributed by atoms with van der Waals surface area (Å²) in [7, 11) is 1.75. The molecule has 1 heterocycles. The second kappa shape index (κ2) is 8.48. The molecule has 0 unspecified atom stereocenters. The molecule has 1 aliphatic rings. The van der Waals surface area contributed by atoms with Gasteiger partial charge in [0.25, 0.3) is 0 Å². The molecule has 0 aromatic heterocycles. The highest BCUT2D eigenvalue weighted by atomic mass is 16.7. The van der Waals surface area contributed by atoms with E-state index in [1.165, 1.54) is 0 Å². The molecule has 0 fully saturated rings. The number of nitrogens with zero attached hydrogens (tertiary/aromatic N) is 1. The van der Waals surface area contributed by atoms with Crippen molar-refractivity contribution in [2.45, 2.75) is 20.4 Å². The number of nitrogens with one attached hydrogen (secondary N) is 2. The molecule has 0 spiro atoms. The Morgan fingerprint density at radius 1 is 1.27 bits per heavy atom. The predicted molar refractivity (Wildman–Crippen MR) is 86.4 cm³/mol. The van der Waals surface area contributed by atoms with Crippen molar-refractivity contribution < 1.29 is 14.2 Å². The lowest BCUT2D eigenvalue weighted by atomic mass is 10.2. The van der Waals surface area contributed by atoms with E-state index < -0.39 is 0 Å². The maximum Gasteiger partial charge on any atom is 0.231 e. The smallest absolute Gasteiger partial charge is 0.231 e. The third kappa shape index (κ3) is 5.11. The minimum absolute atomic E-state index is 0.297. The van der Waals surface area contributed by atoms with E-state index in [0.717, 1.165) is 36.2 Å². The summed E-state index contributed by atoms with van der Waals surface area (Å²) in [6.45, 7) is 7.43. The van der Waals surface area contributed by atoms with Gasteiger partial charge in [-0.2, -0.15) is 0 Å². The Morgan fingerprint density at radius 2 is 2.09 bits per heavy atom. The zero-order chi connectivity index (χ0) is 15.8. The van der Waals surface area contributed by atoms with Crippen LogP contribution in [0.4, 0.5) is 0 Å². The molecule has 6 heteroatoms. The summed E-state index contributed by atoms with van der Waals surface area (Å²) < 4.78 is 16.2. The van der Waals surface area contributed by atoms with Crippen molar-refractivity contribution in [3.8, 4) is 11.5 Å². The minimum atomic E-state index is 0.297. The second-order valence-corrected chi connectivity index (χ2v) is 5.51. The Kier molecular flexibility index (Phi) is 6.33. The van der Waals surface area contributed by atoms with Crippen LogP contribution in [0.2, 0.25) is 0 Å². The maximum atomic E-state index is 5.53. The molecule has 0 atom stereocenters. The standard InChI is InChI=1S/C16H25N3O3/c1-12(2)10-20-7-6-18-16(17-3)19-9-13-4-5-14-15(8-13)22-11-21-14/h4-5,8,12H,6-7,9-11H2,1-3H3,(H2,17,18,19). The number of guanidine groups is 1. The average molecular weight is 307 g/mol. The third-order valence-electron chi connectivity index (χ3n) is 3.11. The molecule has 2 N–H and O–H groups in total. The molecule has 0 amide bonds. The van der Waals surface area contributed by atoms with Crippen LogP contribution in [-0.4, -0.2) is 39.6 Å². The summed E-state index contributed by atoms with van der Waals surface area (Å²) in [6, 6.07) is 5.92. The lowest BCUT2D eigenvalue weighted by molar-refractivity contribution is 0.114. The number of hydrogen-bond acceptors (Lipinski definition) is 4. The zero-order valence-electron chi connectivity index (χ0n) is 13.5. The van der Waals surface area contributed by atoms with Crippen molar-refractivity contribution >= 4 is 5.96 Å². The number of benzene rings is 1. The minimum Gasteiger partial charge on any atom is -0.454 e. The molecule has 6 nitrogen and oxygen atoms in total. The predicted octanol–water partition coefficient (Wildman–Crippen LogP) is 1.75. The number of fused-ring (bicyclic) bond motifs is 1. The van der Waals surface area contributed by atoms with Gasteiger partial charge in [-0.1, -0.05) is 19.9 Å². The number of ether oxygens (including phenoxy) is 3. The van der Waals surface area contributed by atoms with Crippen LogP contribution in [0.15, 0.2) is 23.2 Å². The first-order valence-electron chi connectivity index (χ1n) is 7.60. The van der Waals surface area contributed by atoms with Crippen LogP contribution in [0.25, 0.3) is 0 Å². The van der Waals surface area contributed by atoms with Crippen molar-refractivity contribution in [2.75, 3.05) is 33.6 Å². The van der Waals surface area contributed by atoms with Crippen molar-refractivity contribution in [2.24, 2.45) is 10.9 Å². The zero-order valence-corrected chi connectivity index (χ0v) is 13.5. The summed E-state index contributed by atoms with van der Waals surface area (Å²) in [6.07, 6.45) is 0. The first-order chi connectivity index (χ1) is 10.7. The van der Waals surface area contributed by atoms with Gasteiger partial charge in [0.2, 0.25) is 6.79 Å². The average Bonchev–Trinajstić information content (AvgIpc) is 2.97. The van der Waals surface area contributed by atoms with Crippen LogP contribution in [0.5, 0.6) is 11.5 Å². The summed E-state index contributed by atoms with van der Waals surface area (Å²) in [4.78, 5) is 4.19. The van der Waals surface area contributed by atoms with Crippen molar-refractivity contribution in [3.05, 3.63) is 23.8 Å². The normalized spacial score (nSPS) is 13.5. The maximum absolute atomic E-state index is 5.53. The molecule has 0 aliphatic carbocycles. The van der Waals surface area contributed by atoms with Crippen molar-refractivity contribution in [1.82, 2.24) is 10.6 Å². The van der Waals surface area contributed by atoms with Gasteiger partial charge in [0.15, 0.2) is 17.5 Å². The number of aliphatic imine (C=N–C) groups is 1. The monoisotopic (exact) mass is 307 g/mol. The van der Waals surface area contributed by atoms with E-state index in [2.05, 4.69) is 29.5 Å². The Labute approximate surface area is 131 Å². The molecule has 0 radical (unpaired) electrons. The third-order valence-corrected chi connectivity index (χ3v) is 3.11. The summed E-state index contributed by atoms with van der Waals surface area (Å²) >= 11 is 0. The van der Waals surface area contributed by atoms with Crippen molar-refractivity contribution in [1.29, 1.82) is 0 Å². The SMILES string of the molecule is CN=C(NCCOCC(C)C)NCc1ccc2c(c1)OCO2. The Hall–Kier alpha value is -1.95. The molecule has 22 heavy (non-hydrogen) atoms. The van der Waals surface area contributed by atoms with Gasteiger partial charge >= 0.3 is 0 Å². The van der Waals surface area contributed by atoms with Gasteiger partial charge in [-0.05, 0) is 23.6 Å². The summed E-state index contributed by atoms with van der Waals surface area (Å²) in [5.74, 6) is 2.91. The lowest BCUT2D eigenvalue weighted by Crippen LogP contribution is -2.38. The topological polar surface area (TPSA) is 64.1 Å². The van der Waals surface area contributed by atoms with Gasteiger partial charge in [0, 0.05) is 26.7 Å². The molecule has 1 aromatic carbocycles. The van der Waals surface area contributed by atoms with E-state index in [0.29, 0.717) is 25.9 Å². The molecule has 0 saturated carbocycles. The molecule has 1 aliphatic heterocycles. The van der Waals surface area contributed by atoms with Crippen molar-refractivity contribution in [3.63, 3.8) is 0 Å². The molecular weight excluding hydrogens is 282 g/mol. The molecule has 122 valence electrons. The van der Waals surface area contributed by atoms with Crippen LogP contribution in [-0.2, 0) is 11.3 Å². The van der Waals surface area contributed by atoms with Crippen LogP contribution in [0, 0.1) is 5.92 Å². The van der Waals surface area contributed by atoms with Gasteiger partial charge in [0.05, 0.1) is 6.61 Å². The van der Waals surface area contributed by atoms with Gasteiger partial charge in [-0.15, -0.1) is 0 Å². The number of hydrogen-bond donors (Lipinski definition) is 2.